The number of nitrogens with two attached hydrogens (primary N) is 1. The van der Waals surface area contributed by atoms with Gasteiger partial charge in [0.15, 0.2) is 0 Å². The number of pyridine rings is 1. The van der Waals surface area contributed by atoms with Crippen LogP contribution in [0.2, 0.25) is 0 Å². The fraction of sp³-hybridized carbons (Fsp3) is 0.455. The summed E-state index contributed by atoms with van der Waals surface area (Å²) < 4.78 is 0. The molecule has 4 heteroatoms. The van der Waals surface area contributed by atoms with Gasteiger partial charge < -0.3 is 10.6 Å². The van der Waals surface area contributed by atoms with Gasteiger partial charge in [-0.2, -0.15) is 0 Å². The molecule has 1 saturated carbocycles. The lowest BCUT2D eigenvalue weighted by Gasteiger charge is -2.35. The van der Waals surface area contributed by atoms with Gasteiger partial charge in [0.1, 0.15) is 17.3 Å². The molecular weight excluding hydrogens is 188 g/mol. The van der Waals surface area contributed by atoms with Crippen LogP contribution in [0.25, 0.3) is 0 Å². The van der Waals surface area contributed by atoms with E-state index >= 15 is 0 Å². The molecule has 1 aliphatic rings. The van der Waals surface area contributed by atoms with Crippen molar-refractivity contribution >= 4 is 11.7 Å². The molecule has 0 aliphatic heterocycles. The number of nitrogens with one attached hydrogen (secondary N) is 1. The summed E-state index contributed by atoms with van der Waals surface area (Å²) in [6.45, 7) is 0. The molecule has 0 radical (unpaired) electrons. The van der Waals surface area contributed by atoms with Gasteiger partial charge in [-0.25, -0.2) is 4.98 Å². The Bertz CT molecular complexity index is 371. The summed E-state index contributed by atoms with van der Waals surface area (Å²) in [5, 5.41) is 7.34. The number of aromatic nitrogens is 1. The van der Waals surface area contributed by atoms with Crippen LogP contribution >= 0.6 is 0 Å². The van der Waals surface area contributed by atoms with Crippen LogP contribution in [0, 0.1) is 5.41 Å². The van der Waals surface area contributed by atoms with E-state index in [-0.39, 0.29) is 5.84 Å². The van der Waals surface area contributed by atoms with E-state index in [4.69, 9.17) is 11.1 Å². The van der Waals surface area contributed by atoms with Gasteiger partial charge in [0.25, 0.3) is 0 Å². The van der Waals surface area contributed by atoms with E-state index in [1.807, 2.05) is 12.1 Å². The summed E-state index contributed by atoms with van der Waals surface area (Å²) in [5.41, 5.74) is 5.96. The predicted molar refractivity (Wildman–Crippen MR) is 61.3 cm³/mol. The van der Waals surface area contributed by atoms with Gasteiger partial charge in [0.05, 0.1) is 0 Å². The molecule has 1 heterocycles. The van der Waals surface area contributed by atoms with Crippen LogP contribution in [-0.4, -0.2) is 23.9 Å². The van der Waals surface area contributed by atoms with Gasteiger partial charge in [-0.05, 0) is 31.4 Å². The van der Waals surface area contributed by atoms with Crippen LogP contribution in [-0.2, 0) is 0 Å². The number of anilines is 1. The van der Waals surface area contributed by atoms with Crippen molar-refractivity contribution in [2.45, 2.75) is 25.3 Å². The zero-order chi connectivity index (χ0) is 10.8. The molecule has 0 aromatic carbocycles. The molecule has 3 N–H and O–H groups in total. The summed E-state index contributed by atoms with van der Waals surface area (Å²) in [6.07, 6.45) is 3.78. The lowest BCUT2D eigenvalue weighted by atomic mass is 9.92. The third-order valence-electron chi connectivity index (χ3n) is 2.99. The van der Waals surface area contributed by atoms with E-state index in [1.165, 1.54) is 19.3 Å². The Morgan fingerprint density at radius 3 is 2.80 bits per heavy atom. The Kier molecular flexibility index (Phi) is 2.58. The Morgan fingerprint density at radius 1 is 1.53 bits per heavy atom. The van der Waals surface area contributed by atoms with Gasteiger partial charge in [-0.3, -0.25) is 5.41 Å². The van der Waals surface area contributed by atoms with Crippen molar-refractivity contribution in [3.05, 3.63) is 23.9 Å². The molecule has 1 fully saturated rings. The summed E-state index contributed by atoms with van der Waals surface area (Å²) in [4.78, 5) is 6.53. The van der Waals surface area contributed by atoms with Gasteiger partial charge in [-0.1, -0.05) is 6.07 Å². The largest absolute Gasteiger partial charge is 0.382 e. The minimum Gasteiger partial charge on any atom is -0.382 e. The number of hydrogen-bond donors (Lipinski definition) is 2. The zero-order valence-electron chi connectivity index (χ0n) is 8.90. The summed E-state index contributed by atoms with van der Waals surface area (Å²) in [5.74, 6) is 0.936. The number of hydrogen-bond acceptors (Lipinski definition) is 3. The molecule has 0 bridgehead atoms. The molecule has 80 valence electrons. The van der Waals surface area contributed by atoms with E-state index in [2.05, 4.69) is 16.9 Å². The van der Waals surface area contributed by atoms with Crippen LogP contribution in [0.4, 0.5) is 5.82 Å². The van der Waals surface area contributed by atoms with E-state index in [0.717, 1.165) is 5.82 Å². The fourth-order valence-corrected chi connectivity index (χ4v) is 1.73. The molecule has 0 unspecified atom stereocenters. The van der Waals surface area contributed by atoms with Crippen LogP contribution in [0.15, 0.2) is 18.2 Å². The molecule has 0 spiro atoms. The van der Waals surface area contributed by atoms with Crippen molar-refractivity contribution in [2.75, 3.05) is 11.9 Å². The normalized spacial score (nSPS) is 15.8. The van der Waals surface area contributed by atoms with E-state index in [9.17, 15) is 0 Å². The minimum absolute atomic E-state index is 0.0267. The van der Waals surface area contributed by atoms with Crippen molar-refractivity contribution in [2.24, 2.45) is 5.73 Å². The van der Waals surface area contributed by atoms with Gasteiger partial charge in [0.2, 0.25) is 0 Å². The van der Waals surface area contributed by atoms with Crippen molar-refractivity contribution in [3.63, 3.8) is 0 Å². The van der Waals surface area contributed by atoms with Crippen LogP contribution in [0.3, 0.4) is 0 Å². The highest BCUT2D eigenvalue weighted by Crippen LogP contribution is 2.26. The Balaban J connectivity index is 2.19. The van der Waals surface area contributed by atoms with Crippen molar-refractivity contribution in [1.82, 2.24) is 4.98 Å². The van der Waals surface area contributed by atoms with Gasteiger partial charge in [-0.15, -0.1) is 0 Å². The lowest BCUT2D eigenvalue weighted by Crippen LogP contribution is -2.37. The maximum Gasteiger partial charge on any atom is 0.141 e. The van der Waals surface area contributed by atoms with E-state index in [1.54, 1.807) is 6.07 Å². The number of nitrogen functional groups attached to an aromatic ring is 1. The van der Waals surface area contributed by atoms with Gasteiger partial charge >= 0.3 is 0 Å². The van der Waals surface area contributed by atoms with Crippen molar-refractivity contribution < 1.29 is 0 Å². The van der Waals surface area contributed by atoms with Crippen molar-refractivity contribution in [1.29, 1.82) is 5.41 Å². The Morgan fingerprint density at radius 2 is 2.27 bits per heavy atom. The third kappa shape index (κ3) is 1.93. The maximum absolute atomic E-state index is 7.34. The van der Waals surface area contributed by atoms with Crippen LogP contribution in [0.5, 0.6) is 0 Å². The SMILES string of the molecule is CN(c1cccc(C(=N)N)n1)C1CCC1. The van der Waals surface area contributed by atoms with E-state index < -0.39 is 0 Å². The topological polar surface area (TPSA) is 66.0 Å². The second-order valence-corrected chi connectivity index (χ2v) is 3.99. The van der Waals surface area contributed by atoms with Gasteiger partial charge in [0, 0.05) is 13.1 Å². The first-order chi connectivity index (χ1) is 7.18. The average molecular weight is 204 g/mol. The number of amidine groups is 1. The quantitative estimate of drug-likeness (QED) is 0.577. The molecule has 2 rings (SSSR count). The monoisotopic (exact) mass is 204 g/mol. The fourth-order valence-electron chi connectivity index (χ4n) is 1.73. The second-order valence-electron chi connectivity index (χ2n) is 3.99. The lowest BCUT2D eigenvalue weighted by molar-refractivity contribution is 0.399. The first-order valence-electron chi connectivity index (χ1n) is 5.23. The molecule has 0 amide bonds. The maximum atomic E-state index is 7.34. The summed E-state index contributed by atoms with van der Waals surface area (Å²) >= 11 is 0. The zero-order valence-corrected chi connectivity index (χ0v) is 8.90. The summed E-state index contributed by atoms with van der Waals surface area (Å²) in [7, 11) is 2.05. The van der Waals surface area contributed by atoms with Crippen molar-refractivity contribution in [3.8, 4) is 0 Å². The molecule has 1 aromatic heterocycles. The average Bonchev–Trinajstić information content (AvgIpc) is 2.15. The smallest absolute Gasteiger partial charge is 0.141 e. The molecule has 1 aromatic rings. The standard InChI is InChI=1S/C11H16N4/c1-15(8-4-2-5-8)10-7-3-6-9(14-10)11(12)13/h3,6-8H,2,4-5H2,1H3,(H3,12,13). The summed E-state index contributed by atoms with van der Waals surface area (Å²) in [6, 6.07) is 6.24. The highest BCUT2D eigenvalue weighted by Gasteiger charge is 2.22. The molecular formula is C11H16N4. The Labute approximate surface area is 89.6 Å². The first-order valence-corrected chi connectivity index (χ1v) is 5.23. The highest BCUT2D eigenvalue weighted by atomic mass is 15.2. The second kappa shape index (κ2) is 3.88. The van der Waals surface area contributed by atoms with Crippen LogP contribution < -0.4 is 10.6 Å². The molecule has 4 nitrogen and oxygen atoms in total. The highest BCUT2D eigenvalue weighted by molar-refractivity contribution is 5.93. The number of nitrogens with zero attached hydrogens (tertiary/aromatic N) is 2. The number of rotatable bonds is 3. The minimum atomic E-state index is 0.0267. The Hall–Kier alpha value is -1.58. The third-order valence-corrected chi connectivity index (χ3v) is 2.99. The molecule has 15 heavy (non-hydrogen) atoms. The van der Waals surface area contributed by atoms with Crippen LogP contribution in [0.1, 0.15) is 25.0 Å². The predicted octanol–water partition coefficient (Wildman–Crippen LogP) is 1.35. The first kappa shape index (κ1) is 9.96. The molecule has 1 aliphatic carbocycles. The van der Waals surface area contributed by atoms with E-state index in [0.29, 0.717) is 11.7 Å². The molecule has 0 saturated heterocycles. The molecule has 0 atom stereocenters.